The number of terminal acetylenes is 1. The predicted molar refractivity (Wildman–Crippen MR) is 94.4 cm³/mol. The summed E-state index contributed by atoms with van der Waals surface area (Å²) in [7, 11) is 2.16. The molecule has 2 aliphatic rings. The van der Waals surface area contributed by atoms with Gasteiger partial charge in [0.05, 0.1) is 0 Å². The van der Waals surface area contributed by atoms with Crippen LogP contribution in [0.1, 0.15) is 44.1 Å². The number of amides is 1. The van der Waals surface area contributed by atoms with E-state index in [0.29, 0.717) is 19.3 Å². The van der Waals surface area contributed by atoms with Gasteiger partial charge in [0.2, 0.25) is 5.91 Å². The number of nitrogens with zero attached hydrogens (tertiary/aromatic N) is 3. The summed E-state index contributed by atoms with van der Waals surface area (Å²) in [4.78, 5) is 14.5. The maximum Gasteiger partial charge on any atom is 0.224 e. The van der Waals surface area contributed by atoms with E-state index in [2.05, 4.69) is 45.5 Å². The minimum Gasteiger partial charge on any atom is -0.326 e. The van der Waals surface area contributed by atoms with Gasteiger partial charge in [-0.05, 0) is 37.6 Å². The number of hydrogen-bond donors (Lipinski definition) is 1. The van der Waals surface area contributed by atoms with Crippen LogP contribution in [0, 0.1) is 12.3 Å². The van der Waals surface area contributed by atoms with E-state index in [1.54, 1.807) is 0 Å². The molecular formula is C19H24N4O. The van der Waals surface area contributed by atoms with Crippen LogP contribution in [0.5, 0.6) is 0 Å². The first-order valence-corrected chi connectivity index (χ1v) is 8.57. The summed E-state index contributed by atoms with van der Waals surface area (Å²) in [6.45, 7) is 0.958. The quantitative estimate of drug-likeness (QED) is 0.706. The van der Waals surface area contributed by atoms with Crippen molar-refractivity contribution < 1.29 is 4.79 Å². The molecule has 1 heterocycles. The molecule has 0 atom stereocenters. The van der Waals surface area contributed by atoms with Crippen LogP contribution in [0.15, 0.2) is 34.5 Å². The largest absolute Gasteiger partial charge is 0.326 e. The molecule has 1 aliphatic carbocycles. The smallest absolute Gasteiger partial charge is 0.224 e. The van der Waals surface area contributed by atoms with Crippen LogP contribution in [0.25, 0.3) is 0 Å². The molecule has 1 aromatic carbocycles. The van der Waals surface area contributed by atoms with Crippen molar-refractivity contribution in [1.29, 1.82) is 0 Å². The summed E-state index contributed by atoms with van der Waals surface area (Å²) in [6, 6.07) is 8.84. The monoisotopic (exact) mass is 324 g/mol. The van der Waals surface area contributed by atoms with Gasteiger partial charge < -0.3 is 5.32 Å². The first-order valence-electron chi connectivity index (χ1n) is 8.57. The van der Waals surface area contributed by atoms with Gasteiger partial charge in [-0.25, -0.2) is 0 Å². The molecule has 0 saturated heterocycles. The molecule has 1 aromatic rings. The molecule has 0 unspecified atom stereocenters. The number of benzene rings is 1. The zero-order chi connectivity index (χ0) is 17.0. The molecule has 1 amide bonds. The normalized spacial score (nSPS) is 17.5. The Morgan fingerprint density at radius 3 is 2.62 bits per heavy atom. The molecule has 3 rings (SSSR count). The third-order valence-electron chi connectivity index (χ3n) is 4.64. The third kappa shape index (κ3) is 4.65. The lowest BCUT2D eigenvalue weighted by Crippen LogP contribution is -2.20. The zero-order valence-electron chi connectivity index (χ0n) is 14.2. The Hall–Kier alpha value is -2.19. The van der Waals surface area contributed by atoms with Crippen LogP contribution >= 0.6 is 0 Å². The third-order valence-corrected chi connectivity index (χ3v) is 4.64. The predicted octanol–water partition coefficient (Wildman–Crippen LogP) is 3.58. The molecular weight excluding hydrogens is 300 g/mol. The summed E-state index contributed by atoms with van der Waals surface area (Å²) < 4.78 is 0. The molecule has 5 nitrogen and oxygen atoms in total. The fourth-order valence-corrected chi connectivity index (χ4v) is 2.83. The topological polar surface area (TPSA) is 57.1 Å². The van der Waals surface area contributed by atoms with Crippen molar-refractivity contribution >= 4 is 11.6 Å². The highest BCUT2D eigenvalue weighted by Gasteiger charge is 2.39. The van der Waals surface area contributed by atoms with Gasteiger partial charge in [-0.2, -0.15) is 10.2 Å². The van der Waals surface area contributed by atoms with Gasteiger partial charge in [-0.1, -0.05) is 12.1 Å². The number of anilines is 1. The summed E-state index contributed by atoms with van der Waals surface area (Å²) in [6.07, 6.45) is 10.3. The van der Waals surface area contributed by atoms with Gasteiger partial charge in [-0.15, -0.1) is 12.3 Å². The molecule has 1 N–H and O–H groups in total. The second kappa shape index (κ2) is 7.14. The Bertz CT molecular complexity index is 649. The fourth-order valence-electron chi connectivity index (χ4n) is 2.83. The number of nitrogens with one attached hydrogen (secondary N) is 1. The lowest BCUT2D eigenvalue weighted by molar-refractivity contribution is -0.116. The standard InChI is InChI=1S/C19H24N4O/c1-3-4-12-19(21-22-19)13-11-18(24)20-16-7-5-15(6-8-16)14-23(2)17-9-10-17/h1,5-8,17H,4,9-14H2,2H3,(H,20,24). The van der Waals surface area contributed by atoms with E-state index in [0.717, 1.165) is 24.7 Å². The summed E-state index contributed by atoms with van der Waals surface area (Å²) >= 11 is 0. The number of carbonyl (C=O) groups is 1. The van der Waals surface area contributed by atoms with Crippen molar-refractivity contribution in [3.8, 4) is 12.3 Å². The van der Waals surface area contributed by atoms with Crippen molar-refractivity contribution in [2.24, 2.45) is 10.2 Å². The first-order chi connectivity index (χ1) is 11.6. The summed E-state index contributed by atoms with van der Waals surface area (Å²) in [5.74, 6) is 2.59. The molecule has 1 saturated carbocycles. The van der Waals surface area contributed by atoms with E-state index in [4.69, 9.17) is 6.42 Å². The van der Waals surface area contributed by atoms with Gasteiger partial charge in [-0.3, -0.25) is 9.69 Å². The van der Waals surface area contributed by atoms with Crippen molar-refractivity contribution in [1.82, 2.24) is 4.90 Å². The van der Waals surface area contributed by atoms with Crippen LogP contribution in [0.4, 0.5) is 5.69 Å². The maximum atomic E-state index is 12.1. The van der Waals surface area contributed by atoms with Crippen molar-refractivity contribution in [2.75, 3.05) is 12.4 Å². The van der Waals surface area contributed by atoms with E-state index < -0.39 is 0 Å². The average Bonchev–Trinajstić information content (AvgIpc) is 3.47. The SMILES string of the molecule is C#CCCC1(CCC(=O)Nc2ccc(CN(C)C3CC3)cc2)N=N1. The van der Waals surface area contributed by atoms with E-state index in [9.17, 15) is 4.79 Å². The van der Waals surface area contributed by atoms with Gasteiger partial charge in [0.1, 0.15) is 0 Å². The summed E-state index contributed by atoms with van der Waals surface area (Å²) in [5, 5.41) is 11.0. The van der Waals surface area contributed by atoms with E-state index in [1.807, 2.05) is 12.1 Å². The average molecular weight is 324 g/mol. The van der Waals surface area contributed by atoms with Crippen molar-refractivity contribution in [3.63, 3.8) is 0 Å². The molecule has 24 heavy (non-hydrogen) atoms. The fraction of sp³-hybridized carbons (Fsp3) is 0.526. The Morgan fingerprint density at radius 2 is 2.04 bits per heavy atom. The Morgan fingerprint density at radius 1 is 1.33 bits per heavy atom. The molecule has 0 radical (unpaired) electrons. The zero-order valence-corrected chi connectivity index (χ0v) is 14.2. The van der Waals surface area contributed by atoms with Gasteiger partial charge in [0.15, 0.2) is 5.66 Å². The van der Waals surface area contributed by atoms with E-state index in [1.165, 1.54) is 18.4 Å². The van der Waals surface area contributed by atoms with Crippen LogP contribution in [0.3, 0.4) is 0 Å². The number of hydrogen-bond acceptors (Lipinski definition) is 4. The van der Waals surface area contributed by atoms with E-state index >= 15 is 0 Å². The first kappa shape index (κ1) is 16.7. The van der Waals surface area contributed by atoms with Crippen molar-refractivity contribution in [3.05, 3.63) is 29.8 Å². The number of carbonyl (C=O) groups excluding carboxylic acids is 1. The lowest BCUT2D eigenvalue weighted by atomic mass is 10.0. The van der Waals surface area contributed by atoms with Gasteiger partial charge in [0, 0.05) is 44.0 Å². The molecule has 1 fully saturated rings. The molecule has 0 aromatic heterocycles. The van der Waals surface area contributed by atoms with Crippen LogP contribution in [-0.4, -0.2) is 29.6 Å². The second-order valence-electron chi connectivity index (χ2n) is 6.78. The Balaban J connectivity index is 1.42. The Kier molecular flexibility index (Phi) is 4.96. The molecule has 1 aliphatic heterocycles. The molecule has 0 bridgehead atoms. The highest BCUT2D eigenvalue weighted by Crippen LogP contribution is 2.37. The summed E-state index contributed by atoms with van der Waals surface area (Å²) in [5.41, 5.74) is 1.72. The van der Waals surface area contributed by atoms with Crippen LogP contribution in [-0.2, 0) is 11.3 Å². The van der Waals surface area contributed by atoms with E-state index in [-0.39, 0.29) is 11.6 Å². The highest BCUT2D eigenvalue weighted by atomic mass is 16.1. The minimum atomic E-state index is -0.388. The maximum absolute atomic E-state index is 12.1. The van der Waals surface area contributed by atoms with Crippen LogP contribution < -0.4 is 5.32 Å². The van der Waals surface area contributed by atoms with Gasteiger partial charge in [0.25, 0.3) is 0 Å². The molecule has 126 valence electrons. The Labute approximate surface area is 143 Å². The molecule has 0 spiro atoms. The second-order valence-corrected chi connectivity index (χ2v) is 6.78. The lowest BCUT2D eigenvalue weighted by Gasteiger charge is -2.16. The van der Waals surface area contributed by atoms with Gasteiger partial charge >= 0.3 is 0 Å². The highest BCUT2D eigenvalue weighted by molar-refractivity contribution is 5.90. The molecule has 5 heteroatoms. The minimum absolute atomic E-state index is 0.00442. The van der Waals surface area contributed by atoms with Crippen molar-refractivity contribution in [2.45, 2.75) is 56.8 Å². The number of rotatable bonds is 9. The van der Waals surface area contributed by atoms with Crippen LogP contribution in [0.2, 0.25) is 0 Å².